The topological polar surface area (TPSA) is 108 Å². The molecule has 9 nitrogen and oxygen atoms in total. The van der Waals surface area contributed by atoms with Gasteiger partial charge in [-0.2, -0.15) is 10.1 Å². The number of aromatic amines is 1. The molecule has 1 amide bonds. The average Bonchev–Trinajstić information content (AvgIpc) is 3.49. The van der Waals surface area contributed by atoms with Crippen LogP contribution in [0.5, 0.6) is 0 Å². The second kappa shape index (κ2) is 8.96. The Balaban J connectivity index is 1.30. The van der Waals surface area contributed by atoms with Gasteiger partial charge in [-0.25, -0.2) is 9.78 Å². The second-order valence-electron chi connectivity index (χ2n) is 10.1. The summed E-state index contributed by atoms with van der Waals surface area (Å²) < 4.78 is 5.36. The highest BCUT2D eigenvalue weighted by Gasteiger charge is 2.32. The van der Waals surface area contributed by atoms with Crippen molar-refractivity contribution in [3.05, 3.63) is 59.4 Å². The van der Waals surface area contributed by atoms with E-state index >= 15 is 0 Å². The lowest BCUT2D eigenvalue weighted by molar-refractivity contribution is 0.0495. The first kappa shape index (κ1) is 22.2. The predicted octanol–water partition coefficient (Wildman–Crippen LogP) is 4.12. The van der Waals surface area contributed by atoms with Gasteiger partial charge in [0.05, 0.1) is 11.7 Å². The van der Waals surface area contributed by atoms with Gasteiger partial charge in [-0.3, -0.25) is 5.10 Å². The lowest BCUT2D eigenvalue weighted by Crippen LogP contribution is -2.60. The maximum Gasteiger partial charge on any atom is 0.407 e. The zero-order valence-electron chi connectivity index (χ0n) is 19.8. The number of nitrogens with one attached hydrogen (secondary N) is 3. The Morgan fingerprint density at radius 1 is 1.12 bits per heavy atom. The smallest absolute Gasteiger partial charge is 0.407 e. The van der Waals surface area contributed by atoms with Crippen molar-refractivity contribution >= 4 is 23.7 Å². The third-order valence-corrected chi connectivity index (χ3v) is 5.75. The summed E-state index contributed by atoms with van der Waals surface area (Å²) in [5.41, 5.74) is 2.75. The van der Waals surface area contributed by atoms with Crippen LogP contribution in [0.4, 0.5) is 22.4 Å². The molecule has 178 valence electrons. The number of aromatic nitrogens is 4. The monoisotopic (exact) mass is 461 g/mol. The molecule has 5 rings (SSSR count). The molecule has 0 radical (unpaired) electrons. The maximum absolute atomic E-state index is 12.1. The van der Waals surface area contributed by atoms with E-state index in [1.165, 1.54) is 24.1 Å². The third kappa shape index (κ3) is 5.65. The molecule has 3 N–H and O–H groups in total. The molecular formula is C25H31N7O2. The number of benzene rings is 1. The minimum absolute atomic E-state index is 0.0000732. The SMILES string of the molecule is CC(C)(C)OC(=O)NC1CN(c2nc(Cc3ccccc3)cc(Nc3cc(C4CC4)[nH]n3)n2)C1. The maximum atomic E-state index is 12.1. The van der Waals surface area contributed by atoms with Gasteiger partial charge >= 0.3 is 6.09 Å². The number of hydrogen-bond acceptors (Lipinski definition) is 7. The number of amides is 1. The lowest BCUT2D eigenvalue weighted by atomic mass is 10.1. The van der Waals surface area contributed by atoms with Crippen molar-refractivity contribution in [2.24, 2.45) is 0 Å². The molecule has 2 aliphatic rings. The van der Waals surface area contributed by atoms with Gasteiger partial charge in [0, 0.05) is 43.3 Å². The standard InChI is InChI=1S/C25H31N7O2/c1-25(2,3)34-24(33)27-19-14-32(15-19)23-26-18(11-16-7-5-4-6-8-16)12-21(29-23)28-22-13-20(30-31-22)17-9-10-17/h4-8,12-13,17,19H,9-11,14-15H2,1-3H3,(H,27,33)(H2,26,28,29,30,31). The molecule has 34 heavy (non-hydrogen) atoms. The molecule has 1 aliphatic heterocycles. The van der Waals surface area contributed by atoms with Crippen LogP contribution in [0.2, 0.25) is 0 Å². The summed E-state index contributed by atoms with van der Waals surface area (Å²) in [6.07, 6.45) is 2.73. The average molecular weight is 462 g/mol. The summed E-state index contributed by atoms with van der Waals surface area (Å²) in [6.45, 7) is 6.82. The second-order valence-corrected chi connectivity index (χ2v) is 10.1. The number of nitrogens with zero attached hydrogens (tertiary/aromatic N) is 4. The number of rotatable bonds is 7. The molecule has 3 aromatic rings. The summed E-state index contributed by atoms with van der Waals surface area (Å²) in [5, 5.41) is 13.8. The van der Waals surface area contributed by atoms with Crippen molar-refractivity contribution in [1.82, 2.24) is 25.5 Å². The van der Waals surface area contributed by atoms with Crippen molar-refractivity contribution in [1.29, 1.82) is 0 Å². The van der Waals surface area contributed by atoms with E-state index in [0.717, 1.165) is 11.5 Å². The van der Waals surface area contributed by atoms with E-state index in [9.17, 15) is 4.79 Å². The van der Waals surface area contributed by atoms with Crippen molar-refractivity contribution < 1.29 is 9.53 Å². The first-order chi connectivity index (χ1) is 16.3. The van der Waals surface area contributed by atoms with Crippen molar-refractivity contribution in [3.63, 3.8) is 0 Å². The summed E-state index contributed by atoms with van der Waals surface area (Å²) in [4.78, 5) is 23.7. The lowest BCUT2D eigenvalue weighted by Gasteiger charge is -2.39. The summed E-state index contributed by atoms with van der Waals surface area (Å²) in [5.74, 6) is 2.70. The van der Waals surface area contributed by atoms with Gasteiger partial charge in [-0.1, -0.05) is 30.3 Å². The molecule has 3 heterocycles. The van der Waals surface area contributed by atoms with Gasteiger partial charge in [0.2, 0.25) is 5.95 Å². The molecular weight excluding hydrogens is 430 g/mol. The van der Waals surface area contributed by atoms with Gasteiger partial charge in [0.25, 0.3) is 0 Å². The predicted molar refractivity (Wildman–Crippen MR) is 130 cm³/mol. The number of H-pyrrole nitrogens is 1. The fourth-order valence-corrected chi connectivity index (χ4v) is 3.93. The van der Waals surface area contributed by atoms with Gasteiger partial charge < -0.3 is 20.3 Å². The molecule has 1 saturated heterocycles. The Labute approximate surface area is 199 Å². The number of carbonyl (C=O) groups excluding carboxylic acids is 1. The number of alkyl carbamates (subject to hydrolysis) is 1. The van der Waals surface area contributed by atoms with Crippen LogP contribution in [-0.2, 0) is 11.2 Å². The Bertz CT molecular complexity index is 1150. The molecule has 9 heteroatoms. The fourth-order valence-electron chi connectivity index (χ4n) is 3.93. The quantitative estimate of drug-likeness (QED) is 0.486. The van der Waals surface area contributed by atoms with Gasteiger partial charge in [0.1, 0.15) is 11.4 Å². The third-order valence-electron chi connectivity index (χ3n) is 5.75. The van der Waals surface area contributed by atoms with Crippen molar-refractivity contribution in [2.45, 2.75) is 57.6 Å². The van der Waals surface area contributed by atoms with Crippen molar-refractivity contribution in [3.8, 4) is 0 Å². The van der Waals surface area contributed by atoms with Gasteiger partial charge in [0.15, 0.2) is 5.82 Å². The Hall–Kier alpha value is -3.62. The first-order valence-corrected chi connectivity index (χ1v) is 11.8. The zero-order chi connectivity index (χ0) is 23.7. The fraction of sp³-hybridized carbons (Fsp3) is 0.440. The van der Waals surface area contributed by atoms with Crippen LogP contribution in [0.3, 0.4) is 0 Å². The minimum atomic E-state index is -0.519. The van der Waals surface area contributed by atoms with Crippen LogP contribution in [0.25, 0.3) is 0 Å². The van der Waals surface area contributed by atoms with E-state index in [1.807, 2.05) is 45.0 Å². The number of carbonyl (C=O) groups is 1. The van der Waals surface area contributed by atoms with Crippen LogP contribution >= 0.6 is 0 Å². The molecule has 1 aromatic carbocycles. The van der Waals surface area contributed by atoms with Crippen LogP contribution < -0.4 is 15.5 Å². The minimum Gasteiger partial charge on any atom is -0.444 e. The van der Waals surface area contributed by atoms with Gasteiger partial charge in [-0.15, -0.1) is 0 Å². The summed E-state index contributed by atoms with van der Waals surface area (Å²) >= 11 is 0. The first-order valence-electron chi connectivity index (χ1n) is 11.8. The van der Waals surface area contributed by atoms with E-state index in [2.05, 4.69) is 43.9 Å². The van der Waals surface area contributed by atoms with E-state index in [0.29, 0.717) is 37.2 Å². The van der Waals surface area contributed by atoms with E-state index in [1.54, 1.807) is 0 Å². The normalized spacial score (nSPS) is 16.1. The summed E-state index contributed by atoms with van der Waals surface area (Å²) in [7, 11) is 0. The van der Waals surface area contributed by atoms with E-state index < -0.39 is 11.7 Å². The molecule has 2 aromatic heterocycles. The highest BCUT2D eigenvalue weighted by atomic mass is 16.6. The zero-order valence-corrected chi connectivity index (χ0v) is 19.8. The summed E-state index contributed by atoms with van der Waals surface area (Å²) in [6, 6.07) is 14.3. The van der Waals surface area contributed by atoms with E-state index in [4.69, 9.17) is 14.7 Å². The van der Waals surface area contributed by atoms with Crippen LogP contribution in [0.1, 0.15) is 56.5 Å². The van der Waals surface area contributed by atoms with Crippen LogP contribution in [-0.4, -0.2) is 51.0 Å². The highest BCUT2D eigenvalue weighted by Crippen LogP contribution is 2.39. The molecule has 0 spiro atoms. The van der Waals surface area contributed by atoms with E-state index in [-0.39, 0.29) is 6.04 Å². The molecule has 0 unspecified atom stereocenters. The number of ether oxygens (including phenoxy) is 1. The molecule has 0 atom stereocenters. The number of anilines is 3. The molecule has 1 aliphatic carbocycles. The highest BCUT2D eigenvalue weighted by molar-refractivity contribution is 5.69. The van der Waals surface area contributed by atoms with Crippen LogP contribution in [0, 0.1) is 0 Å². The Kier molecular flexibility index (Phi) is 5.85. The van der Waals surface area contributed by atoms with Gasteiger partial charge in [-0.05, 0) is 39.2 Å². The van der Waals surface area contributed by atoms with Crippen LogP contribution in [0.15, 0.2) is 42.5 Å². The molecule has 2 fully saturated rings. The van der Waals surface area contributed by atoms with Crippen molar-refractivity contribution in [2.75, 3.05) is 23.3 Å². The molecule has 1 saturated carbocycles. The Morgan fingerprint density at radius 2 is 1.88 bits per heavy atom. The number of hydrogen-bond donors (Lipinski definition) is 3. The largest absolute Gasteiger partial charge is 0.444 e. The Morgan fingerprint density at radius 3 is 2.59 bits per heavy atom. The molecule has 0 bridgehead atoms.